The number of methoxy groups -OCH3 is 1. The number of hydrogen-bond acceptors (Lipinski definition) is 5. The van der Waals surface area contributed by atoms with Gasteiger partial charge < -0.3 is 9.84 Å². The molecule has 1 N–H and O–H groups in total. The molecular weight excluding hydrogens is 423 g/mol. The SMILES string of the molecule is CO[C@H]1C[C@@H](S(=O)(=O)c2ccc(-c3ccnc(C)c3)cc2C(F)(F)F)C[C@@H]1C(=O)O. The zero-order chi connectivity index (χ0) is 22.3. The molecule has 0 aliphatic heterocycles. The van der Waals surface area contributed by atoms with E-state index in [9.17, 15) is 31.5 Å². The number of rotatable bonds is 5. The number of aromatic nitrogens is 1. The van der Waals surface area contributed by atoms with Crippen molar-refractivity contribution in [3.8, 4) is 11.1 Å². The Morgan fingerprint density at radius 3 is 2.37 bits per heavy atom. The number of carboxylic acids is 1. The zero-order valence-electron chi connectivity index (χ0n) is 16.2. The molecule has 0 saturated heterocycles. The smallest absolute Gasteiger partial charge is 0.417 e. The maximum Gasteiger partial charge on any atom is 0.417 e. The van der Waals surface area contributed by atoms with Crippen molar-refractivity contribution in [3.05, 3.63) is 47.8 Å². The summed E-state index contributed by atoms with van der Waals surface area (Å²) in [6.07, 6.45) is -4.82. The molecule has 0 bridgehead atoms. The van der Waals surface area contributed by atoms with Crippen LogP contribution in [0.25, 0.3) is 11.1 Å². The summed E-state index contributed by atoms with van der Waals surface area (Å²) in [6.45, 7) is 1.69. The van der Waals surface area contributed by atoms with Gasteiger partial charge in [0.25, 0.3) is 0 Å². The molecule has 0 amide bonds. The van der Waals surface area contributed by atoms with Crippen LogP contribution in [0.4, 0.5) is 13.2 Å². The normalized spacial score (nSPS) is 22.2. The number of carbonyl (C=O) groups is 1. The largest absolute Gasteiger partial charge is 0.481 e. The van der Waals surface area contributed by atoms with E-state index in [0.717, 1.165) is 12.1 Å². The number of alkyl halides is 3. The zero-order valence-corrected chi connectivity index (χ0v) is 17.0. The van der Waals surface area contributed by atoms with Crippen molar-refractivity contribution < 1.29 is 36.2 Å². The summed E-state index contributed by atoms with van der Waals surface area (Å²) in [6, 6.07) is 6.20. The van der Waals surface area contributed by atoms with Gasteiger partial charge in [0.2, 0.25) is 0 Å². The number of aryl methyl sites for hydroxylation is 1. The van der Waals surface area contributed by atoms with Crippen LogP contribution in [0.2, 0.25) is 0 Å². The van der Waals surface area contributed by atoms with Crippen molar-refractivity contribution in [3.63, 3.8) is 0 Å². The second-order valence-electron chi connectivity index (χ2n) is 7.25. The number of halogens is 3. The Hall–Kier alpha value is -2.46. The van der Waals surface area contributed by atoms with E-state index in [1.165, 1.54) is 25.4 Å². The summed E-state index contributed by atoms with van der Waals surface area (Å²) in [5.41, 5.74) is 0.0100. The Balaban J connectivity index is 2.08. The standard InChI is InChI=1S/C20H20F3NO5S/c1-11-7-13(5-6-24-11)12-3-4-18(16(8-12)20(21,22)23)30(27,28)14-9-15(19(25)26)17(10-14)29-2/h3-8,14-15,17H,9-10H2,1-2H3,(H,25,26)/t14-,15-,17-/m0/s1. The van der Waals surface area contributed by atoms with Crippen LogP contribution in [0.15, 0.2) is 41.4 Å². The second-order valence-corrected chi connectivity index (χ2v) is 9.45. The van der Waals surface area contributed by atoms with Gasteiger partial charge in [-0.3, -0.25) is 9.78 Å². The molecule has 1 aliphatic carbocycles. The minimum atomic E-state index is -4.91. The van der Waals surface area contributed by atoms with E-state index < -0.39 is 49.7 Å². The molecule has 3 rings (SSSR count). The summed E-state index contributed by atoms with van der Waals surface area (Å²) in [5.74, 6) is -2.33. The number of ether oxygens (including phenoxy) is 1. The maximum absolute atomic E-state index is 13.8. The van der Waals surface area contributed by atoms with Gasteiger partial charge in [-0.15, -0.1) is 0 Å². The van der Waals surface area contributed by atoms with E-state index in [1.807, 2.05) is 0 Å². The lowest BCUT2D eigenvalue weighted by Gasteiger charge is -2.18. The quantitative estimate of drug-likeness (QED) is 0.757. The lowest BCUT2D eigenvalue weighted by molar-refractivity contribution is -0.145. The maximum atomic E-state index is 13.8. The average Bonchev–Trinajstić information content (AvgIpc) is 3.12. The first-order valence-electron chi connectivity index (χ1n) is 9.09. The minimum Gasteiger partial charge on any atom is -0.481 e. The summed E-state index contributed by atoms with van der Waals surface area (Å²) in [5, 5.41) is 8.00. The van der Waals surface area contributed by atoms with Crippen LogP contribution in [0.5, 0.6) is 0 Å². The van der Waals surface area contributed by atoms with Gasteiger partial charge in [0.1, 0.15) is 0 Å². The monoisotopic (exact) mass is 443 g/mol. The molecule has 0 radical (unpaired) electrons. The molecule has 1 heterocycles. The van der Waals surface area contributed by atoms with Crippen molar-refractivity contribution >= 4 is 15.8 Å². The van der Waals surface area contributed by atoms with Crippen LogP contribution in [0.3, 0.4) is 0 Å². The van der Waals surface area contributed by atoms with Crippen LogP contribution in [0.1, 0.15) is 24.1 Å². The van der Waals surface area contributed by atoms with Crippen LogP contribution in [-0.2, 0) is 25.5 Å². The minimum absolute atomic E-state index is 0.182. The van der Waals surface area contributed by atoms with Crippen LogP contribution >= 0.6 is 0 Å². The van der Waals surface area contributed by atoms with E-state index in [4.69, 9.17) is 4.74 Å². The van der Waals surface area contributed by atoms with Gasteiger partial charge in [-0.2, -0.15) is 13.2 Å². The molecule has 1 fully saturated rings. The number of carboxylic acid groups (broad SMARTS) is 1. The fraction of sp³-hybridized carbons (Fsp3) is 0.400. The van der Waals surface area contributed by atoms with Crippen molar-refractivity contribution in [2.24, 2.45) is 5.92 Å². The molecule has 0 spiro atoms. The Bertz CT molecular complexity index is 1070. The van der Waals surface area contributed by atoms with Gasteiger partial charge in [0.15, 0.2) is 9.84 Å². The van der Waals surface area contributed by atoms with E-state index in [-0.39, 0.29) is 18.4 Å². The molecule has 0 unspecified atom stereocenters. The Labute approximate surface area is 171 Å². The fourth-order valence-corrected chi connectivity index (χ4v) is 5.81. The predicted octanol–water partition coefficient (Wildman–Crippen LogP) is 3.73. The number of hydrogen-bond donors (Lipinski definition) is 1. The molecule has 3 atom stereocenters. The summed E-state index contributed by atoms with van der Waals surface area (Å²) < 4.78 is 72.6. The highest BCUT2D eigenvalue weighted by Crippen LogP contribution is 2.42. The summed E-state index contributed by atoms with van der Waals surface area (Å²) >= 11 is 0. The lowest BCUT2D eigenvalue weighted by atomic mass is 10.0. The predicted molar refractivity (Wildman–Crippen MR) is 102 cm³/mol. The van der Waals surface area contributed by atoms with Gasteiger partial charge in [-0.05, 0) is 55.2 Å². The molecule has 1 aliphatic rings. The number of aliphatic carboxylic acids is 1. The van der Waals surface area contributed by atoms with Gasteiger partial charge in [-0.25, -0.2) is 8.42 Å². The van der Waals surface area contributed by atoms with E-state index in [2.05, 4.69) is 4.98 Å². The number of nitrogens with zero attached hydrogens (tertiary/aromatic N) is 1. The van der Waals surface area contributed by atoms with Crippen molar-refractivity contribution in [2.75, 3.05) is 7.11 Å². The van der Waals surface area contributed by atoms with Crippen molar-refractivity contribution in [1.82, 2.24) is 4.98 Å². The van der Waals surface area contributed by atoms with Crippen molar-refractivity contribution in [2.45, 2.75) is 42.2 Å². The number of sulfone groups is 1. The highest BCUT2D eigenvalue weighted by atomic mass is 32.2. The van der Waals surface area contributed by atoms with E-state index in [0.29, 0.717) is 11.3 Å². The Morgan fingerprint density at radius 2 is 1.83 bits per heavy atom. The van der Waals surface area contributed by atoms with E-state index >= 15 is 0 Å². The average molecular weight is 443 g/mol. The van der Waals surface area contributed by atoms with Gasteiger partial charge in [0.05, 0.1) is 27.7 Å². The van der Waals surface area contributed by atoms with Crippen LogP contribution in [-0.4, -0.2) is 42.9 Å². The topological polar surface area (TPSA) is 93.6 Å². The molecule has 162 valence electrons. The highest BCUT2D eigenvalue weighted by molar-refractivity contribution is 7.92. The first-order chi connectivity index (χ1) is 13.9. The third kappa shape index (κ3) is 4.20. The molecule has 30 heavy (non-hydrogen) atoms. The molecular formula is C20H20F3NO5S. The van der Waals surface area contributed by atoms with Gasteiger partial charge in [-0.1, -0.05) is 6.07 Å². The van der Waals surface area contributed by atoms with Gasteiger partial charge >= 0.3 is 12.1 Å². The molecule has 10 heteroatoms. The number of pyridine rings is 1. The Morgan fingerprint density at radius 1 is 1.17 bits per heavy atom. The Kier molecular flexibility index (Phi) is 5.92. The molecule has 6 nitrogen and oxygen atoms in total. The molecule has 1 aromatic heterocycles. The van der Waals surface area contributed by atoms with Crippen molar-refractivity contribution in [1.29, 1.82) is 0 Å². The molecule has 1 aromatic carbocycles. The highest BCUT2D eigenvalue weighted by Gasteiger charge is 2.47. The first kappa shape index (κ1) is 22.2. The van der Waals surface area contributed by atoms with Crippen LogP contribution < -0.4 is 0 Å². The third-order valence-electron chi connectivity index (χ3n) is 5.34. The van der Waals surface area contributed by atoms with Gasteiger partial charge in [0, 0.05) is 19.0 Å². The first-order valence-corrected chi connectivity index (χ1v) is 10.6. The lowest BCUT2D eigenvalue weighted by Crippen LogP contribution is -2.24. The molecule has 2 aromatic rings. The second kappa shape index (κ2) is 7.99. The van der Waals surface area contributed by atoms with E-state index in [1.54, 1.807) is 13.0 Å². The molecule has 1 saturated carbocycles. The third-order valence-corrected chi connectivity index (χ3v) is 7.57. The summed E-state index contributed by atoms with van der Waals surface area (Å²) in [4.78, 5) is 14.5. The van der Waals surface area contributed by atoms with Crippen LogP contribution in [0, 0.1) is 12.8 Å². The fourth-order valence-electron chi connectivity index (χ4n) is 3.81. The number of benzene rings is 1. The summed E-state index contributed by atoms with van der Waals surface area (Å²) in [7, 11) is -3.19.